The Labute approximate surface area is 100 Å². The minimum Gasteiger partial charge on any atom is -0.353 e. The zero-order valence-electron chi connectivity index (χ0n) is 9.38. The predicted octanol–water partition coefficient (Wildman–Crippen LogP) is 0.483. The average molecular weight is 254 g/mol. The molecule has 5 nitrogen and oxygen atoms in total. The van der Waals surface area contributed by atoms with Crippen LogP contribution < -0.4 is 10.5 Å². The minimum atomic E-state index is -3.73. The highest BCUT2D eigenvalue weighted by molar-refractivity contribution is 7.89. The molecule has 1 rings (SSSR count). The fourth-order valence-electron chi connectivity index (χ4n) is 1.27. The molecule has 17 heavy (non-hydrogen) atoms. The van der Waals surface area contributed by atoms with Crippen LogP contribution in [0.25, 0.3) is 6.08 Å². The first-order valence-electron chi connectivity index (χ1n) is 4.94. The Bertz CT molecular complexity index is 535. The second-order valence-corrected chi connectivity index (χ2v) is 4.95. The predicted molar refractivity (Wildman–Crippen MR) is 65.5 cm³/mol. The van der Waals surface area contributed by atoms with Gasteiger partial charge >= 0.3 is 0 Å². The van der Waals surface area contributed by atoms with Crippen molar-refractivity contribution in [1.29, 1.82) is 0 Å². The molecule has 0 saturated heterocycles. The van der Waals surface area contributed by atoms with E-state index < -0.39 is 10.0 Å². The molecule has 1 aromatic carbocycles. The van der Waals surface area contributed by atoms with Gasteiger partial charge in [-0.05, 0) is 11.6 Å². The van der Waals surface area contributed by atoms with Gasteiger partial charge in [0, 0.05) is 13.5 Å². The number of carbonyl (C=O) groups is 1. The number of amides is 1. The number of sulfonamides is 1. The summed E-state index contributed by atoms with van der Waals surface area (Å²) in [6.45, 7) is 1.75. The molecule has 0 unspecified atom stereocenters. The van der Waals surface area contributed by atoms with Crippen molar-refractivity contribution in [2.75, 3.05) is 6.54 Å². The first kappa shape index (κ1) is 13.4. The highest BCUT2D eigenvalue weighted by atomic mass is 32.2. The lowest BCUT2D eigenvalue weighted by molar-refractivity contribution is -0.118. The van der Waals surface area contributed by atoms with E-state index in [2.05, 4.69) is 5.32 Å². The molecule has 0 aliphatic heterocycles. The lowest BCUT2D eigenvalue weighted by Crippen LogP contribution is -2.19. The summed E-state index contributed by atoms with van der Waals surface area (Å²) in [4.78, 5) is 10.7. The fraction of sp³-hybridized carbons (Fsp3) is 0.182. The Balaban J connectivity index is 2.88. The molecular formula is C11H14N2O3S. The van der Waals surface area contributed by atoms with Gasteiger partial charge in [0.2, 0.25) is 15.9 Å². The van der Waals surface area contributed by atoms with E-state index in [1.165, 1.54) is 13.0 Å². The van der Waals surface area contributed by atoms with Crippen molar-refractivity contribution < 1.29 is 13.2 Å². The van der Waals surface area contributed by atoms with Gasteiger partial charge in [0.15, 0.2) is 0 Å². The quantitative estimate of drug-likeness (QED) is 0.819. The highest BCUT2D eigenvalue weighted by Gasteiger charge is 2.10. The van der Waals surface area contributed by atoms with Gasteiger partial charge in [0.25, 0.3) is 0 Å². The molecule has 0 saturated carbocycles. The van der Waals surface area contributed by atoms with Crippen LogP contribution in [0, 0.1) is 0 Å². The summed E-state index contributed by atoms with van der Waals surface area (Å²) < 4.78 is 22.5. The highest BCUT2D eigenvalue weighted by Crippen LogP contribution is 2.14. The third-order valence-electron chi connectivity index (χ3n) is 1.99. The number of nitrogens with one attached hydrogen (secondary N) is 1. The summed E-state index contributed by atoms with van der Waals surface area (Å²) in [5.41, 5.74) is 0.500. The molecule has 6 heteroatoms. The number of rotatable bonds is 4. The van der Waals surface area contributed by atoms with Gasteiger partial charge in [-0.15, -0.1) is 0 Å². The standard InChI is InChI=1S/C11H14N2O3S/c1-9(14)13-8-4-6-10-5-2-3-7-11(10)17(12,15)16/h2-7H,8H2,1H3,(H,13,14)(H2,12,15,16). The van der Waals surface area contributed by atoms with Crippen LogP contribution in [-0.4, -0.2) is 20.9 Å². The second-order valence-electron chi connectivity index (χ2n) is 3.42. The molecule has 0 spiro atoms. The van der Waals surface area contributed by atoms with Gasteiger partial charge in [-0.1, -0.05) is 30.4 Å². The van der Waals surface area contributed by atoms with E-state index in [1.54, 1.807) is 30.4 Å². The lowest BCUT2D eigenvalue weighted by atomic mass is 10.2. The molecule has 0 fully saturated rings. The molecule has 0 bridgehead atoms. The molecule has 0 radical (unpaired) electrons. The SMILES string of the molecule is CC(=O)NCC=Cc1ccccc1S(N)(=O)=O. The van der Waals surface area contributed by atoms with E-state index in [0.717, 1.165) is 0 Å². The topological polar surface area (TPSA) is 89.3 Å². The Kier molecular flexibility index (Phi) is 4.42. The van der Waals surface area contributed by atoms with Crippen LogP contribution in [0.2, 0.25) is 0 Å². The molecule has 0 heterocycles. The number of carbonyl (C=O) groups excluding carboxylic acids is 1. The largest absolute Gasteiger partial charge is 0.353 e. The van der Waals surface area contributed by atoms with Gasteiger partial charge in [-0.2, -0.15) is 0 Å². The van der Waals surface area contributed by atoms with E-state index in [-0.39, 0.29) is 10.8 Å². The third-order valence-corrected chi connectivity index (χ3v) is 2.98. The summed E-state index contributed by atoms with van der Waals surface area (Å²) in [5, 5.41) is 7.65. The third kappa shape index (κ3) is 4.38. The molecule has 0 aromatic heterocycles. The van der Waals surface area contributed by atoms with Crippen molar-refractivity contribution in [1.82, 2.24) is 5.32 Å². The van der Waals surface area contributed by atoms with Gasteiger partial charge < -0.3 is 5.32 Å². The zero-order chi connectivity index (χ0) is 12.9. The van der Waals surface area contributed by atoms with Crippen molar-refractivity contribution in [3.8, 4) is 0 Å². The summed E-state index contributed by atoms with van der Waals surface area (Å²) in [6, 6.07) is 6.40. The fourth-order valence-corrected chi connectivity index (χ4v) is 2.00. The van der Waals surface area contributed by atoms with Crippen LogP contribution in [0.3, 0.4) is 0 Å². The van der Waals surface area contributed by atoms with E-state index in [4.69, 9.17) is 5.14 Å². The zero-order valence-corrected chi connectivity index (χ0v) is 10.2. The van der Waals surface area contributed by atoms with Crippen LogP contribution in [-0.2, 0) is 14.8 Å². The van der Waals surface area contributed by atoms with Crippen LogP contribution >= 0.6 is 0 Å². The van der Waals surface area contributed by atoms with E-state index >= 15 is 0 Å². The van der Waals surface area contributed by atoms with E-state index in [9.17, 15) is 13.2 Å². The summed E-state index contributed by atoms with van der Waals surface area (Å²) in [5.74, 6) is -0.144. The maximum Gasteiger partial charge on any atom is 0.238 e. The average Bonchev–Trinajstić information content (AvgIpc) is 2.23. The van der Waals surface area contributed by atoms with Crippen molar-refractivity contribution >= 4 is 22.0 Å². The van der Waals surface area contributed by atoms with Crippen LogP contribution in [0.5, 0.6) is 0 Å². The van der Waals surface area contributed by atoms with Crippen LogP contribution in [0.15, 0.2) is 35.2 Å². The molecule has 0 aliphatic rings. The van der Waals surface area contributed by atoms with Crippen LogP contribution in [0.1, 0.15) is 12.5 Å². The molecule has 1 amide bonds. The molecule has 0 aliphatic carbocycles. The number of hydrogen-bond donors (Lipinski definition) is 2. The van der Waals surface area contributed by atoms with Crippen molar-refractivity contribution in [3.63, 3.8) is 0 Å². The first-order chi connectivity index (χ1) is 7.91. The van der Waals surface area contributed by atoms with E-state index in [1.807, 2.05) is 0 Å². The van der Waals surface area contributed by atoms with Gasteiger partial charge in [-0.3, -0.25) is 4.79 Å². The summed E-state index contributed by atoms with van der Waals surface area (Å²) >= 11 is 0. The number of benzene rings is 1. The molecule has 92 valence electrons. The smallest absolute Gasteiger partial charge is 0.238 e. The van der Waals surface area contributed by atoms with E-state index in [0.29, 0.717) is 12.1 Å². The Hall–Kier alpha value is -1.66. The van der Waals surface area contributed by atoms with Crippen molar-refractivity contribution in [2.45, 2.75) is 11.8 Å². The Morgan fingerprint density at radius 3 is 2.65 bits per heavy atom. The summed E-state index contributed by atoms with van der Waals surface area (Å²) in [6.07, 6.45) is 3.26. The Morgan fingerprint density at radius 1 is 1.41 bits per heavy atom. The monoisotopic (exact) mass is 254 g/mol. The molecular weight excluding hydrogens is 240 g/mol. The molecule has 3 N–H and O–H groups in total. The number of hydrogen-bond acceptors (Lipinski definition) is 3. The van der Waals surface area contributed by atoms with Crippen molar-refractivity contribution in [2.24, 2.45) is 5.14 Å². The molecule has 0 atom stereocenters. The van der Waals surface area contributed by atoms with Crippen molar-refractivity contribution in [3.05, 3.63) is 35.9 Å². The first-order valence-corrected chi connectivity index (χ1v) is 6.48. The molecule has 1 aromatic rings. The number of primary sulfonamides is 1. The van der Waals surface area contributed by atoms with Gasteiger partial charge in [-0.25, -0.2) is 13.6 Å². The minimum absolute atomic E-state index is 0.0686. The van der Waals surface area contributed by atoms with Gasteiger partial charge in [0.1, 0.15) is 0 Å². The maximum atomic E-state index is 11.3. The maximum absolute atomic E-state index is 11.3. The second kappa shape index (κ2) is 5.60. The van der Waals surface area contributed by atoms with Crippen LogP contribution in [0.4, 0.5) is 0 Å². The Morgan fingerprint density at radius 2 is 2.06 bits per heavy atom. The lowest BCUT2D eigenvalue weighted by Gasteiger charge is -2.02. The number of nitrogens with two attached hydrogens (primary N) is 1. The summed E-state index contributed by atoms with van der Waals surface area (Å²) in [7, 11) is -3.73. The van der Waals surface area contributed by atoms with Gasteiger partial charge in [0.05, 0.1) is 4.90 Å². The normalized spacial score (nSPS) is 11.6.